The quantitative estimate of drug-likeness (QED) is 0.661. The van der Waals surface area contributed by atoms with Gasteiger partial charge in [-0.05, 0) is 31.9 Å². The van der Waals surface area contributed by atoms with Crippen molar-refractivity contribution in [2.45, 2.75) is 25.8 Å². The van der Waals surface area contributed by atoms with Crippen molar-refractivity contribution in [1.29, 1.82) is 0 Å². The van der Waals surface area contributed by atoms with Crippen molar-refractivity contribution in [2.75, 3.05) is 13.1 Å². The molecule has 1 fully saturated rings. The third-order valence-electron chi connectivity index (χ3n) is 5.12. The van der Waals surface area contributed by atoms with Gasteiger partial charge in [-0.15, -0.1) is 24.8 Å². The highest BCUT2D eigenvalue weighted by Crippen LogP contribution is 2.27. The van der Waals surface area contributed by atoms with Gasteiger partial charge in [0, 0.05) is 30.1 Å². The fourth-order valence-corrected chi connectivity index (χ4v) is 3.50. The molecule has 28 heavy (non-hydrogen) atoms. The summed E-state index contributed by atoms with van der Waals surface area (Å²) >= 11 is 0. The zero-order chi connectivity index (χ0) is 18.1. The molecule has 0 bridgehead atoms. The first-order valence-electron chi connectivity index (χ1n) is 9.13. The second-order valence-corrected chi connectivity index (χ2v) is 7.07. The van der Waals surface area contributed by atoms with Gasteiger partial charge in [0.15, 0.2) is 0 Å². The van der Waals surface area contributed by atoms with Crippen LogP contribution in [-0.2, 0) is 0 Å². The van der Waals surface area contributed by atoms with Gasteiger partial charge in [-0.3, -0.25) is 4.79 Å². The number of hydrogen-bond acceptors (Lipinski definition) is 3. The van der Waals surface area contributed by atoms with E-state index in [-0.39, 0.29) is 36.8 Å². The number of halogens is 2. The smallest absolute Gasteiger partial charge is 0.254 e. The number of benzene rings is 2. The first-order chi connectivity index (χ1) is 12.6. The van der Waals surface area contributed by atoms with E-state index < -0.39 is 0 Å². The molecular weight excluding hydrogens is 393 g/mol. The average molecular weight is 418 g/mol. The number of likely N-dealkylation sites (tertiary alicyclic amines) is 1. The Morgan fingerprint density at radius 3 is 2.36 bits per heavy atom. The Kier molecular flexibility index (Phi) is 7.41. The maximum absolute atomic E-state index is 13.2. The van der Waals surface area contributed by atoms with Gasteiger partial charge in [-0.1, -0.05) is 48.0 Å². The van der Waals surface area contributed by atoms with Crippen molar-refractivity contribution in [3.05, 3.63) is 65.7 Å². The molecule has 0 saturated carbocycles. The highest BCUT2D eigenvalue weighted by Gasteiger charge is 2.23. The molecule has 1 saturated heterocycles. The normalized spacial score (nSPS) is 14.3. The molecule has 3 aromatic rings. The maximum Gasteiger partial charge on any atom is 0.254 e. The van der Waals surface area contributed by atoms with Crippen LogP contribution in [0.25, 0.3) is 22.2 Å². The van der Waals surface area contributed by atoms with Crippen LogP contribution in [-0.4, -0.2) is 34.9 Å². The predicted octanol–water partition coefficient (Wildman–Crippen LogP) is 4.62. The zero-order valence-electron chi connectivity index (χ0n) is 15.8. The van der Waals surface area contributed by atoms with Crippen LogP contribution in [0.3, 0.4) is 0 Å². The number of nitrogens with zero attached hydrogens (tertiary/aromatic N) is 2. The lowest BCUT2D eigenvalue weighted by atomic mass is 10.0. The summed E-state index contributed by atoms with van der Waals surface area (Å²) in [7, 11) is 0. The molecule has 2 heterocycles. The number of rotatable bonds is 2. The molecular formula is C22H25Cl2N3O. The molecule has 1 aromatic heterocycles. The molecule has 0 unspecified atom stereocenters. The molecule has 6 heteroatoms. The standard InChI is InChI=1S/C22H23N3O.2ClH/c1-15-6-8-16(9-7-15)21-14-19(18-4-2-3-5-20(18)24-21)22(26)25-12-10-17(23)11-13-25;;/h2-9,14,17H,10-13,23H2,1H3;2*1H. The number of nitrogens with two attached hydrogens (primary N) is 1. The summed E-state index contributed by atoms with van der Waals surface area (Å²) in [5.74, 6) is 0.0730. The number of carbonyl (C=O) groups is 1. The van der Waals surface area contributed by atoms with Crippen molar-refractivity contribution in [1.82, 2.24) is 9.88 Å². The molecule has 0 atom stereocenters. The van der Waals surface area contributed by atoms with E-state index in [9.17, 15) is 4.79 Å². The molecule has 4 rings (SSSR count). The molecule has 0 spiro atoms. The molecule has 1 amide bonds. The number of hydrogen-bond donors (Lipinski definition) is 1. The Balaban J connectivity index is 0.00000140. The van der Waals surface area contributed by atoms with Crippen molar-refractivity contribution < 1.29 is 4.79 Å². The molecule has 1 aliphatic heterocycles. The number of carbonyl (C=O) groups excluding carboxylic acids is 1. The Morgan fingerprint density at radius 1 is 1.04 bits per heavy atom. The monoisotopic (exact) mass is 417 g/mol. The highest BCUT2D eigenvalue weighted by atomic mass is 35.5. The molecule has 148 valence electrons. The number of amides is 1. The van der Waals surface area contributed by atoms with Gasteiger partial charge in [-0.2, -0.15) is 0 Å². The number of pyridine rings is 1. The molecule has 1 aliphatic rings. The largest absolute Gasteiger partial charge is 0.339 e. The summed E-state index contributed by atoms with van der Waals surface area (Å²) in [5, 5.41) is 0.906. The number of aryl methyl sites for hydroxylation is 1. The summed E-state index contributed by atoms with van der Waals surface area (Å²) < 4.78 is 0. The van der Waals surface area contributed by atoms with Crippen molar-refractivity contribution >= 4 is 41.6 Å². The second kappa shape index (κ2) is 9.37. The van der Waals surface area contributed by atoms with E-state index in [4.69, 9.17) is 10.7 Å². The van der Waals surface area contributed by atoms with E-state index in [1.165, 1.54) is 5.56 Å². The maximum atomic E-state index is 13.2. The Labute approximate surface area is 178 Å². The minimum Gasteiger partial charge on any atom is -0.339 e. The van der Waals surface area contributed by atoms with Gasteiger partial charge in [0.25, 0.3) is 5.91 Å². The van der Waals surface area contributed by atoms with Crippen LogP contribution in [0.1, 0.15) is 28.8 Å². The Hall–Kier alpha value is -2.14. The van der Waals surface area contributed by atoms with Crippen LogP contribution in [0, 0.1) is 6.92 Å². The Morgan fingerprint density at radius 2 is 1.68 bits per heavy atom. The van der Waals surface area contributed by atoms with Gasteiger partial charge in [0.05, 0.1) is 16.8 Å². The molecule has 4 nitrogen and oxygen atoms in total. The fourth-order valence-electron chi connectivity index (χ4n) is 3.50. The van der Waals surface area contributed by atoms with E-state index in [2.05, 4.69) is 31.2 Å². The van der Waals surface area contributed by atoms with Crippen LogP contribution in [0.2, 0.25) is 0 Å². The molecule has 2 N–H and O–H groups in total. The van der Waals surface area contributed by atoms with Crippen LogP contribution >= 0.6 is 24.8 Å². The number of para-hydroxylation sites is 1. The van der Waals surface area contributed by atoms with Crippen LogP contribution < -0.4 is 5.73 Å². The lowest BCUT2D eigenvalue weighted by Gasteiger charge is -2.30. The molecule has 2 aromatic carbocycles. The van der Waals surface area contributed by atoms with E-state index in [0.29, 0.717) is 0 Å². The third-order valence-corrected chi connectivity index (χ3v) is 5.12. The highest BCUT2D eigenvalue weighted by molar-refractivity contribution is 6.07. The number of fused-ring (bicyclic) bond motifs is 1. The van der Waals surface area contributed by atoms with E-state index >= 15 is 0 Å². The average Bonchev–Trinajstić information content (AvgIpc) is 2.68. The first kappa shape index (κ1) is 22.2. The first-order valence-corrected chi connectivity index (χ1v) is 9.13. The van der Waals surface area contributed by atoms with Gasteiger partial charge in [-0.25, -0.2) is 4.98 Å². The zero-order valence-corrected chi connectivity index (χ0v) is 17.4. The summed E-state index contributed by atoms with van der Waals surface area (Å²) in [4.78, 5) is 19.9. The van der Waals surface area contributed by atoms with Crippen LogP contribution in [0.5, 0.6) is 0 Å². The van der Waals surface area contributed by atoms with Crippen LogP contribution in [0.15, 0.2) is 54.6 Å². The van der Waals surface area contributed by atoms with Crippen molar-refractivity contribution in [2.24, 2.45) is 5.73 Å². The minimum atomic E-state index is 0. The van der Waals surface area contributed by atoms with E-state index in [0.717, 1.165) is 53.7 Å². The molecule has 0 radical (unpaired) electrons. The van der Waals surface area contributed by atoms with Gasteiger partial charge in [0.2, 0.25) is 0 Å². The van der Waals surface area contributed by atoms with Gasteiger partial charge in [0.1, 0.15) is 0 Å². The Bertz CT molecular complexity index is 952. The second-order valence-electron chi connectivity index (χ2n) is 7.07. The summed E-state index contributed by atoms with van der Waals surface area (Å²) in [5.41, 5.74) is 10.6. The summed E-state index contributed by atoms with van der Waals surface area (Å²) in [6.07, 6.45) is 1.72. The van der Waals surface area contributed by atoms with E-state index in [1.807, 2.05) is 35.2 Å². The predicted molar refractivity (Wildman–Crippen MR) is 120 cm³/mol. The third kappa shape index (κ3) is 4.46. The minimum absolute atomic E-state index is 0. The number of aromatic nitrogens is 1. The lowest BCUT2D eigenvalue weighted by molar-refractivity contribution is 0.0716. The summed E-state index contributed by atoms with van der Waals surface area (Å²) in [6, 6.07) is 18.3. The lowest BCUT2D eigenvalue weighted by Crippen LogP contribution is -2.42. The van der Waals surface area contributed by atoms with Gasteiger partial charge >= 0.3 is 0 Å². The number of piperidine rings is 1. The van der Waals surface area contributed by atoms with Crippen molar-refractivity contribution in [3.8, 4) is 11.3 Å². The van der Waals surface area contributed by atoms with Crippen LogP contribution in [0.4, 0.5) is 0 Å². The van der Waals surface area contributed by atoms with Crippen molar-refractivity contribution in [3.63, 3.8) is 0 Å². The van der Waals surface area contributed by atoms with E-state index in [1.54, 1.807) is 0 Å². The topological polar surface area (TPSA) is 59.2 Å². The fraction of sp³-hybridized carbons (Fsp3) is 0.273. The van der Waals surface area contributed by atoms with Gasteiger partial charge < -0.3 is 10.6 Å². The summed E-state index contributed by atoms with van der Waals surface area (Å²) in [6.45, 7) is 3.50. The SMILES string of the molecule is Cc1ccc(-c2cc(C(=O)N3CCC(N)CC3)c3ccccc3n2)cc1.Cl.Cl. The molecule has 0 aliphatic carbocycles.